The fourth-order valence-corrected chi connectivity index (χ4v) is 5.67. The summed E-state index contributed by atoms with van der Waals surface area (Å²) in [5.41, 5.74) is 14.7. The van der Waals surface area contributed by atoms with Crippen LogP contribution in [0.25, 0.3) is 20.4 Å². The van der Waals surface area contributed by atoms with Gasteiger partial charge in [0.05, 0.1) is 30.4 Å². The molecule has 6 N–H and O–H groups in total. The molecular formula is C23H26N6S2. The second-order valence-corrected chi connectivity index (χ2v) is 9.91. The summed E-state index contributed by atoms with van der Waals surface area (Å²) in [6.07, 6.45) is 7.94. The van der Waals surface area contributed by atoms with Crippen molar-refractivity contribution in [1.29, 1.82) is 10.8 Å². The van der Waals surface area contributed by atoms with E-state index in [0.29, 0.717) is 0 Å². The van der Waals surface area contributed by atoms with E-state index in [1.165, 1.54) is 19.3 Å². The Labute approximate surface area is 189 Å². The normalized spacial score (nSPS) is 11.4. The van der Waals surface area contributed by atoms with Crippen LogP contribution in [0.4, 0.5) is 0 Å². The van der Waals surface area contributed by atoms with Gasteiger partial charge in [-0.2, -0.15) is 0 Å². The first-order valence-electron chi connectivity index (χ1n) is 10.5. The van der Waals surface area contributed by atoms with Crippen LogP contribution in [0.1, 0.15) is 53.2 Å². The molecule has 6 nitrogen and oxygen atoms in total. The third-order valence-electron chi connectivity index (χ3n) is 5.27. The van der Waals surface area contributed by atoms with Gasteiger partial charge >= 0.3 is 0 Å². The van der Waals surface area contributed by atoms with E-state index in [9.17, 15) is 0 Å². The van der Waals surface area contributed by atoms with Crippen molar-refractivity contribution in [3.8, 4) is 0 Å². The lowest BCUT2D eigenvalue weighted by molar-refractivity contribution is 0.612. The Bertz CT molecular complexity index is 1140. The number of nitrogens with one attached hydrogen (secondary N) is 2. The predicted molar refractivity (Wildman–Crippen MR) is 132 cm³/mol. The van der Waals surface area contributed by atoms with Crippen molar-refractivity contribution < 1.29 is 0 Å². The molecule has 0 spiro atoms. The zero-order chi connectivity index (χ0) is 21.8. The first-order chi connectivity index (χ1) is 15.0. The minimum Gasteiger partial charge on any atom is -0.384 e. The highest BCUT2D eigenvalue weighted by Crippen LogP contribution is 2.26. The Morgan fingerprint density at radius 3 is 1.52 bits per heavy atom. The van der Waals surface area contributed by atoms with Crippen molar-refractivity contribution in [3.05, 3.63) is 57.5 Å². The molecule has 0 radical (unpaired) electrons. The van der Waals surface area contributed by atoms with Crippen LogP contribution >= 0.6 is 22.7 Å². The minimum atomic E-state index is 0.100. The average molecular weight is 451 g/mol. The molecule has 4 aromatic rings. The number of thiazole rings is 2. The summed E-state index contributed by atoms with van der Waals surface area (Å²) in [4.78, 5) is 9.41. The van der Waals surface area contributed by atoms with E-state index in [-0.39, 0.29) is 11.7 Å². The zero-order valence-corrected chi connectivity index (χ0v) is 18.9. The van der Waals surface area contributed by atoms with Gasteiger partial charge in [-0.3, -0.25) is 10.8 Å². The number of nitrogens with two attached hydrogens (primary N) is 2. The van der Waals surface area contributed by atoms with Crippen LogP contribution in [0.2, 0.25) is 0 Å². The fraction of sp³-hybridized carbons (Fsp3) is 0.304. The quantitative estimate of drug-likeness (QED) is 0.150. The fourth-order valence-electron chi connectivity index (χ4n) is 3.58. The molecule has 0 atom stereocenters. The van der Waals surface area contributed by atoms with E-state index < -0.39 is 0 Å². The molecule has 2 heterocycles. The molecule has 0 unspecified atom stereocenters. The molecule has 8 heteroatoms. The number of unbranched alkanes of at least 4 members (excludes halogenated alkanes) is 4. The maximum atomic E-state index is 7.56. The van der Waals surface area contributed by atoms with Gasteiger partial charge in [0.1, 0.15) is 11.7 Å². The van der Waals surface area contributed by atoms with Crippen molar-refractivity contribution in [3.63, 3.8) is 0 Å². The molecule has 160 valence electrons. The molecule has 2 aromatic heterocycles. The molecule has 0 bridgehead atoms. The molecule has 0 aliphatic carbocycles. The smallest absolute Gasteiger partial charge is 0.122 e. The molecule has 4 rings (SSSR count). The molecule has 2 aromatic carbocycles. The SMILES string of the molecule is N=C(N)c1ccc2nc(CCCCCCCc3nc4ccc(C(=N)N)cc4s3)sc2c1. The highest BCUT2D eigenvalue weighted by molar-refractivity contribution is 7.18. The Morgan fingerprint density at radius 2 is 1.10 bits per heavy atom. The number of rotatable bonds is 10. The summed E-state index contributed by atoms with van der Waals surface area (Å²) < 4.78 is 2.21. The topological polar surface area (TPSA) is 126 Å². The van der Waals surface area contributed by atoms with Crippen LogP contribution in [0.5, 0.6) is 0 Å². The molecule has 31 heavy (non-hydrogen) atoms. The number of hydrogen-bond donors (Lipinski definition) is 4. The average Bonchev–Trinajstić information content (AvgIpc) is 3.34. The summed E-state index contributed by atoms with van der Waals surface area (Å²) in [5.74, 6) is 0.201. The monoisotopic (exact) mass is 450 g/mol. The third-order valence-corrected chi connectivity index (χ3v) is 7.42. The van der Waals surface area contributed by atoms with Crippen molar-refractivity contribution in [2.75, 3.05) is 0 Å². The Hall–Kier alpha value is -2.84. The van der Waals surface area contributed by atoms with E-state index >= 15 is 0 Å². The van der Waals surface area contributed by atoms with Gasteiger partial charge in [0.2, 0.25) is 0 Å². The molecule has 0 saturated heterocycles. The lowest BCUT2D eigenvalue weighted by Crippen LogP contribution is -2.10. The molecular weight excluding hydrogens is 424 g/mol. The van der Waals surface area contributed by atoms with Gasteiger partial charge in [-0.15, -0.1) is 22.7 Å². The maximum absolute atomic E-state index is 7.56. The van der Waals surface area contributed by atoms with Gasteiger partial charge in [0, 0.05) is 11.1 Å². The van der Waals surface area contributed by atoms with Crippen molar-refractivity contribution in [1.82, 2.24) is 9.97 Å². The van der Waals surface area contributed by atoms with E-state index in [4.69, 9.17) is 32.3 Å². The highest BCUT2D eigenvalue weighted by Gasteiger charge is 2.07. The minimum absolute atomic E-state index is 0.100. The number of nitrogen functional groups attached to an aromatic ring is 2. The van der Waals surface area contributed by atoms with Gasteiger partial charge in [0.15, 0.2) is 0 Å². The van der Waals surface area contributed by atoms with Gasteiger partial charge in [0.25, 0.3) is 0 Å². The van der Waals surface area contributed by atoms with Crippen LogP contribution in [0, 0.1) is 10.8 Å². The summed E-state index contributed by atoms with van der Waals surface area (Å²) in [7, 11) is 0. The summed E-state index contributed by atoms with van der Waals surface area (Å²) in [6.45, 7) is 0. The number of fused-ring (bicyclic) bond motifs is 2. The molecule has 0 amide bonds. The van der Waals surface area contributed by atoms with Gasteiger partial charge < -0.3 is 11.5 Å². The van der Waals surface area contributed by atoms with Crippen molar-refractivity contribution in [2.45, 2.75) is 44.9 Å². The number of aryl methyl sites for hydroxylation is 2. The number of hydrogen-bond acceptors (Lipinski definition) is 6. The van der Waals surface area contributed by atoms with Crippen LogP contribution in [0.3, 0.4) is 0 Å². The van der Waals surface area contributed by atoms with Crippen LogP contribution in [-0.4, -0.2) is 21.6 Å². The molecule has 0 fully saturated rings. The highest BCUT2D eigenvalue weighted by atomic mass is 32.1. The molecule has 0 aliphatic heterocycles. The third kappa shape index (κ3) is 5.26. The molecule has 0 saturated carbocycles. The summed E-state index contributed by atoms with van der Waals surface area (Å²) in [6, 6.07) is 11.6. The largest absolute Gasteiger partial charge is 0.384 e. The second kappa shape index (κ2) is 9.53. The number of nitrogens with zero attached hydrogens (tertiary/aromatic N) is 2. The molecule has 0 aliphatic rings. The van der Waals surface area contributed by atoms with Gasteiger partial charge in [-0.25, -0.2) is 9.97 Å². The summed E-state index contributed by atoms with van der Waals surface area (Å²) >= 11 is 3.42. The van der Waals surface area contributed by atoms with Gasteiger partial charge in [-0.1, -0.05) is 19.3 Å². The van der Waals surface area contributed by atoms with E-state index in [1.54, 1.807) is 22.7 Å². The van der Waals surface area contributed by atoms with E-state index in [2.05, 4.69) is 0 Å². The first kappa shape index (κ1) is 21.4. The maximum Gasteiger partial charge on any atom is 0.122 e. The standard InChI is InChI=1S/C23H26N6S2/c24-22(25)14-8-10-16-18(12-14)30-20(28-16)6-4-2-1-3-5-7-21-29-17-11-9-15(23(26)27)13-19(17)31-21/h8-13H,1-7H2,(H3,24,25)(H3,26,27). The van der Waals surface area contributed by atoms with E-state index in [0.717, 1.165) is 67.3 Å². The lowest BCUT2D eigenvalue weighted by atomic mass is 10.1. The second-order valence-electron chi connectivity index (χ2n) is 7.68. The van der Waals surface area contributed by atoms with Crippen LogP contribution in [-0.2, 0) is 12.8 Å². The number of benzene rings is 2. The Morgan fingerprint density at radius 1 is 0.677 bits per heavy atom. The lowest BCUT2D eigenvalue weighted by Gasteiger charge is -1.99. The summed E-state index contributed by atoms with van der Waals surface area (Å²) in [5, 5.41) is 17.4. The number of aromatic nitrogens is 2. The predicted octanol–water partition coefficient (Wildman–Crippen LogP) is 5.21. The van der Waals surface area contributed by atoms with Crippen LogP contribution in [0.15, 0.2) is 36.4 Å². The Balaban J connectivity index is 1.19. The van der Waals surface area contributed by atoms with E-state index in [1.807, 2.05) is 36.4 Å². The number of amidine groups is 2. The van der Waals surface area contributed by atoms with Crippen molar-refractivity contribution >= 4 is 54.8 Å². The zero-order valence-electron chi connectivity index (χ0n) is 17.3. The van der Waals surface area contributed by atoms with Gasteiger partial charge in [-0.05, 0) is 62.1 Å². The Kier molecular flexibility index (Phi) is 6.58. The van der Waals surface area contributed by atoms with Crippen LogP contribution < -0.4 is 11.5 Å². The first-order valence-corrected chi connectivity index (χ1v) is 12.1. The van der Waals surface area contributed by atoms with Crippen molar-refractivity contribution in [2.24, 2.45) is 11.5 Å².